The van der Waals surface area contributed by atoms with Crippen molar-refractivity contribution in [3.63, 3.8) is 0 Å². The fourth-order valence-electron chi connectivity index (χ4n) is 1.86. The van der Waals surface area contributed by atoms with Gasteiger partial charge in [0.15, 0.2) is 0 Å². The predicted molar refractivity (Wildman–Crippen MR) is 76.9 cm³/mol. The van der Waals surface area contributed by atoms with Crippen molar-refractivity contribution in [3.8, 4) is 5.75 Å². The molecule has 6 nitrogen and oxygen atoms in total. The Bertz CT molecular complexity index is 878. The molecule has 0 aliphatic carbocycles. The summed E-state index contributed by atoms with van der Waals surface area (Å²) in [5, 5.41) is 4.92. The second-order valence-electron chi connectivity index (χ2n) is 4.78. The van der Waals surface area contributed by atoms with Crippen LogP contribution in [0.3, 0.4) is 0 Å². The molecule has 1 heterocycles. The highest BCUT2D eigenvalue weighted by Crippen LogP contribution is 2.26. The molecule has 2 aromatic rings. The number of nitrogens with two attached hydrogens (primary N) is 1. The Morgan fingerprint density at radius 1 is 1.21 bits per heavy atom. The van der Waals surface area contributed by atoms with Crippen molar-refractivity contribution in [3.05, 3.63) is 53.3 Å². The van der Waals surface area contributed by atoms with Gasteiger partial charge >= 0.3 is 6.36 Å². The number of benzene rings is 1. The van der Waals surface area contributed by atoms with Crippen LogP contribution >= 0.6 is 0 Å². The number of halogens is 3. The highest BCUT2D eigenvalue weighted by atomic mass is 32.2. The van der Waals surface area contributed by atoms with Crippen molar-refractivity contribution in [2.45, 2.75) is 18.2 Å². The lowest BCUT2D eigenvalue weighted by Gasteiger charge is -2.11. The minimum atomic E-state index is -4.88. The van der Waals surface area contributed by atoms with Crippen molar-refractivity contribution in [1.29, 1.82) is 0 Å². The quantitative estimate of drug-likeness (QED) is 0.843. The maximum Gasteiger partial charge on any atom is 0.573 e. The van der Waals surface area contributed by atoms with Gasteiger partial charge in [-0.15, -0.1) is 13.2 Å². The minimum Gasteiger partial charge on any atom is -0.406 e. The van der Waals surface area contributed by atoms with Gasteiger partial charge in [-0.2, -0.15) is 0 Å². The van der Waals surface area contributed by atoms with Crippen molar-refractivity contribution in [2.75, 3.05) is 0 Å². The number of sulfonamides is 1. The van der Waals surface area contributed by atoms with Gasteiger partial charge < -0.3 is 4.74 Å². The molecule has 0 atom stereocenters. The summed E-state index contributed by atoms with van der Waals surface area (Å²) in [4.78, 5) is 15.8. The standard InChI is InChI=1S/C14H11F3N2O4S/c1-8-2-3-9(23-14(15,16)17)6-11(8)13(20)12-5-4-10(7-19-12)24(18,21)22/h2-7H,1H3,(H2,18,21,22). The number of hydrogen-bond acceptors (Lipinski definition) is 5. The van der Waals surface area contributed by atoms with Crippen LogP contribution in [0.5, 0.6) is 5.75 Å². The molecule has 1 aromatic carbocycles. The molecule has 0 amide bonds. The molecular weight excluding hydrogens is 349 g/mol. The smallest absolute Gasteiger partial charge is 0.406 e. The Morgan fingerprint density at radius 2 is 1.88 bits per heavy atom. The molecule has 0 fully saturated rings. The molecule has 10 heteroatoms. The number of carbonyl (C=O) groups is 1. The van der Waals surface area contributed by atoms with Gasteiger partial charge in [-0.05, 0) is 36.8 Å². The van der Waals surface area contributed by atoms with Crippen molar-refractivity contribution < 1.29 is 31.1 Å². The van der Waals surface area contributed by atoms with E-state index in [1.54, 1.807) is 0 Å². The zero-order chi connectivity index (χ0) is 18.1. The maximum atomic E-state index is 12.4. The summed E-state index contributed by atoms with van der Waals surface area (Å²) >= 11 is 0. The topological polar surface area (TPSA) is 99.4 Å². The Balaban J connectivity index is 2.37. The van der Waals surface area contributed by atoms with E-state index >= 15 is 0 Å². The molecule has 0 aliphatic rings. The van der Waals surface area contributed by atoms with Crippen LogP contribution in [0.15, 0.2) is 41.4 Å². The summed E-state index contributed by atoms with van der Waals surface area (Å²) in [6.45, 7) is 1.53. The largest absolute Gasteiger partial charge is 0.573 e. The number of rotatable bonds is 4. The molecule has 2 N–H and O–H groups in total. The lowest BCUT2D eigenvalue weighted by atomic mass is 10.0. The van der Waals surface area contributed by atoms with Gasteiger partial charge in [-0.1, -0.05) is 6.07 Å². The lowest BCUT2D eigenvalue weighted by Crippen LogP contribution is -2.17. The summed E-state index contributed by atoms with van der Waals surface area (Å²) in [5.74, 6) is -1.22. The van der Waals surface area contributed by atoms with E-state index in [2.05, 4.69) is 9.72 Å². The fraction of sp³-hybridized carbons (Fsp3) is 0.143. The van der Waals surface area contributed by atoms with Gasteiger partial charge in [0.2, 0.25) is 15.8 Å². The van der Waals surface area contributed by atoms with E-state index in [1.165, 1.54) is 13.0 Å². The third-order valence-corrected chi connectivity index (χ3v) is 3.88. The van der Waals surface area contributed by atoms with Crippen LogP contribution in [0, 0.1) is 6.92 Å². The molecule has 0 aliphatic heterocycles. The number of ether oxygens (including phenoxy) is 1. The molecule has 0 spiro atoms. The van der Waals surface area contributed by atoms with Crippen LogP contribution in [0.4, 0.5) is 13.2 Å². The first-order valence-corrected chi connectivity index (χ1v) is 7.92. The summed E-state index contributed by atoms with van der Waals surface area (Å²) in [5.41, 5.74) is 0.217. The fourth-order valence-corrected chi connectivity index (χ4v) is 2.32. The molecule has 128 valence electrons. The number of carbonyl (C=O) groups excluding carboxylic acids is 1. The first-order chi connectivity index (χ1) is 11.0. The van der Waals surface area contributed by atoms with Crippen molar-refractivity contribution in [2.24, 2.45) is 5.14 Å². The number of nitrogens with zero attached hydrogens (tertiary/aromatic N) is 1. The second kappa shape index (κ2) is 6.21. The second-order valence-corrected chi connectivity index (χ2v) is 6.34. The summed E-state index contributed by atoms with van der Waals surface area (Å²) in [6, 6.07) is 5.53. The number of alkyl halides is 3. The molecule has 24 heavy (non-hydrogen) atoms. The summed E-state index contributed by atoms with van der Waals surface area (Å²) < 4.78 is 62.9. The number of hydrogen-bond donors (Lipinski definition) is 1. The average Bonchev–Trinajstić information content (AvgIpc) is 2.46. The lowest BCUT2D eigenvalue weighted by molar-refractivity contribution is -0.274. The normalized spacial score (nSPS) is 12.0. The summed E-state index contributed by atoms with van der Waals surface area (Å²) in [7, 11) is -3.96. The Hall–Kier alpha value is -2.46. The number of pyridine rings is 1. The van der Waals surface area contributed by atoms with Gasteiger partial charge in [0.05, 0.1) is 0 Å². The van der Waals surface area contributed by atoms with E-state index in [0.29, 0.717) is 5.56 Å². The van der Waals surface area contributed by atoms with Gasteiger partial charge in [-0.25, -0.2) is 13.6 Å². The van der Waals surface area contributed by atoms with E-state index in [9.17, 15) is 26.4 Å². The molecule has 2 rings (SSSR count). The average molecular weight is 360 g/mol. The molecular formula is C14H11F3N2O4S. The third-order valence-electron chi connectivity index (χ3n) is 2.98. The Labute approximate surface area is 135 Å². The highest BCUT2D eigenvalue weighted by Gasteiger charge is 2.31. The number of primary sulfonamides is 1. The number of aryl methyl sites for hydroxylation is 1. The Morgan fingerprint density at radius 3 is 2.38 bits per heavy atom. The predicted octanol–water partition coefficient (Wildman–Crippen LogP) is 2.17. The van der Waals surface area contributed by atoms with Crippen LogP contribution in [-0.2, 0) is 10.0 Å². The maximum absolute atomic E-state index is 12.4. The van der Waals surface area contributed by atoms with Crippen molar-refractivity contribution in [1.82, 2.24) is 4.98 Å². The van der Waals surface area contributed by atoms with Gasteiger partial charge in [0.1, 0.15) is 16.3 Å². The van der Waals surface area contributed by atoms with Gasteiger partial charge in [0, 0.05) is 11.8 Å². The van der Waals surface area contributed by atoms with E-state index in [-0.39, 0.29) is 16.2 Å². The summed E-state index contributed by atoms with van der Waals surface area (Å²) in [6.07, 6.45) is -3.99. The van der Waals surface area contributed by atoms with Crippen LogP contribution in [0.2, 0.25) is 0 Å². The first-order valence-electron chi connectivity index (χ1n) is 6.37. The van der Waals surface area contributed by atoms with E-state index in [4.69, 9.17) is 5.14 Å². The van der Waals surface area contributed by atoms with E-state index in [1.807, 2.05) is 0 Å². The highest BCUT2D eigenvalue weighted by molar-refractivity contribution is 7.89. The van der Waals surface area contributed by atoms with Gasteiger partial charge in [-0.3, -0.25) is 9.78 Å². The number of ketones is 1. The van der Waals surface area contributed by atoms with Crippen LogP contribution in [-0.4, -0.2) is 25.5 Å². The van der Waals surface area contributed by atoms with Crippen molar-refractivity contribution >= 4 is 15.8 Å². The van der Waals surface area contributed by atoms with E-state index < -0.39 is 27.9 Å². The first kappa shape index (κ1) is 17.9. The Kier molecular flexibility index (Phi) is 4.63. The number of aromatic nitrogens is 1. The van der Waals surface area contributed by atoms with Crippen LogP contribution in [0.1, 0.15) is 21.6 Å². The zero-order valence-corrected chi connectivity index (χ0v) is 13.0. The third kappa shape index (κ3) is 4.30. The SMILES string of the molecule is Cc1ccc(OC(F)(F)F)cc1C(=O)c1ccc(S(N)(=O)=O)cn1. The molecule has 0 saturated heterocycles. The molecule has 0 bridgehead atoms. The molecule has 0 radical (unpaired) electrons. The minimum absolute atomic E-state index is 0.0485. The monoisotopic (exact) mass is 360 g/mol. The van der Waals surface area contributed by atoms with Crippen LogP contribution < -0.4 is 9.88 Å². The van der Waals surface area contributed by atoms with Gasteiger partial charge in [0.25, 0.3) is 0 Å². The molecule has 1 aromatic heterocycles. The van der Waals surface area contributed by atoms with Crippen LogP contribution in [0.25, 0.3) is 0 Å². The molecule has 0 unspecified atom stereocenters. The molecule has 0 saturated carbocycles. The zero-order valence-electron chi connectivity index (χ0n) is 12.2. The van der Waals surface area contributed by atoms with E-state index in [0.717, 1.165) is 30.5 Å².